The first-order valence-corrected chi connectivity index (χ1v) is 11.4. The number of para-hydroxylation sites is 1. The fourth-order valence-electron chi connectivity index (χ4n) is 3.93. The van der Waals surface area contributed by atoms with Crippen LogP contribution in [-0.4, -0.2) is 62.2 Å². The summed E-state index contributed by atoms with van der Waals surface area (Å²) < 4.78 is 53.0. The van der Waals surface area contributed by atoms with Gasteiger partial charge in [-0.2, -0.15) is 8.78 Å². The van der Waals surface area contributed by atoms with Crippen molar-refractivity contribution in [2.45, 2.75) is 50.8 Å². The number of carbonyl (C=O) groups excluding carboxylic acids is 1. The number of sulfone groups is 1. The van der Waals surface area contributed by atoms with Crippen LogP contribution in [0, 0.1) is 0 Å². The molecule has 0 aromatic heterocycles. The third-order valence-corrected chi connectivity index (χ3v) is 6.95. The standard InChI is InChI=1S/C19H24F2N2O5S/c20-19(21)28-17-8-4-1-5-14(17)11-22-27-12-18(24)23(15-6-2-3-7-15)16-9-10-29(25,26)13-16/h1,4-5,8,11,15-16,19H,2-3,6-7,9-10,12-13H2/b22-11+. The summed E-state index contributed by atoms with van der Waals surface area (Å²) >= 11 is 0. The van der Waals surface area contributed by atoms with Crippen LogP contribution < -0.4 is 4.74 Å². The highest BCUT2D eigenvalue weighted by Crippen LogP contribution is 2.29. The predicted octanol–water partition coefficient (Wildman–Crippen LogP) is 2.60. The van der Waals surface area contributed by atoms with Gasteiger partial charge in [0.2, 0.25) is 0 Å². The van der Waals surface area contributed by atoms with E-state index in [4.69, 9.17) is 4.84 Å². The van der Waals surface area contributed by atoms with Gasteiger partial charge in [-0.1, -0.05) is 30.1 Å². The van der Waals surface area contributed by atoms with Gasteiger partial charge in [-0.05, 0) is 31.4 Å². The number of hydrogen-bond donors (Lipinski definition) is 0. The number of alkyl halides is 2. The van der Waals surface area contributed by atoms with Crippen LogP contribution in [0.25, 0.3) is 0 Å². The van der Waals surface area contributed by atoms with Crippen molar-refractivity contribution in [1.82, 2.24) is 4.90 Å². The maximum Gasteiger partial charge on any atom is 0.387 e. The van der Waals surface area contributed by atoms with Crippen LogP contribution in [0.3, 0.4) is 0 Å². The van der Waals surface area contributed by atoms with Crippen molar-refractivity contribution in [1.29, 1.82) is 0 Å². The second-order valence-electron chi connectivity index (χ2n) is 7.22. The van der Waals surface area contributed by atoms with Crippen LogP contribution in [0.1, 0.15) is 37.7 Å². The lowest BCUT2D eigenvalue weighted by Gasteiger charge is -2.33. The van der Waals surface area contributed by atoms with Gasteiger partial charge in [-0.25, -0.2) is 8.42 Å². The molecule has 1 aromatic rings. The van der Waals surface area contributed by atoms with E-state index in [2.05, 4.69) is 9.89 Å². The molecule has 160 valence electrons. The van der Waals surface area contributed by atoms with E-state index in [0.717, 1.165) is 25.7 Å². The molecular formula is C19H24F2N2O5S. The Bertz CT molecular complexity index is 841. The van der Waals surface area contributed by atoms with Crippen molar-refractivity contribution in [2.75, 3.05) is 18.1 Å². The number of halogens is 2. The molecule has 1 amide bonds. The van der Waals surface area contributed by atoms with Gasteiger partial charge in [-0.15, -0.1) is 0 Å². The van der Waals surface area contributed by atoms with Crippen molar-refractivity contribution in [3.63, 3.8) is 0 Å². The van der Waals surface area contributed by atoms with Crippen molar-refractivity contribution in [2.24, 2.45) is 5.16 Å². The lowest BCUT2D eigenvalue weighted by molar-refractivity contribution is -0.140. The molecule has 29 heavy (non-hydrogen) atoms. The fraction of sp³-hybridized carbons (Fsp3) is 0.579. The monoisotopic (exact) mass is 430 g/mol. The molecule has 2 fully saturated rings. The molecule has 0 radical (unpaired) electrons. The molecular weight excluding hydrogens is 406 g/mol. The Balaban J connectivity index is 1.61. The molecule has 1 aromatic carbocycles. The van der Waals surface area contributed by atoms with E-state index in [0.29, 0.717) is 6.42 Å². The maximum absolute atomic E-state index is 12.8. The molecule has 1 atom stereocenters. The fourth-order valence-corrected chi connectivity index (χ4v) is 5.65. The van der Waals surface area contributed by atoms with E-state index in [9.17, 15) is 22.0 Å². The summed E-state index contributed by atoms with van der Waals surface area (Å²) in [4.78, 5) is 19.5. The number of ether oxygens (including phenoxy) is 1. The van der Waals surface area contributed by atoms with Crippen LogP contribution in [0.4, 0.5) is 8.78 Å². The zero-order valence-corrected chi connectivity index (χ0v) is 16.7. The summed E-state index contributed by atoms with van der Waals surface area (Å²) in [5.41, 5.74) is 0.287. The number of amides is 1. The zero-order chi connectivity index (χ0) is 20.9. The molecule has 1 aliphatic carbocycles. The van der Waals surface area contributed by atoms with Crippen LogP contribution in [-0.2, 0) is 19.5 Å². The molecule has 7 nitrogen and oxygen atoms in total. The smallest absolute Gasteiger partial charge is 0.387 e. The minimum Gasteiger partial charge on any atom is -0.434 e. The minimum absolute atomic E-state index is 0.0170. The highest BCUT2D eigenvalue weighted by Gasteiger charge is 2.39. The first-order valence-electron chi connectivity index (χ1n) is 9.56. The second kappa shape index (κ2) is 9.51. The summed E-state index contributed by atoms with van der Waals surface area (Å²) in [6, 6.07) is 5.78. The van der Waals surface area contributed by atoms with E-state index in [1.807, 2.05) is 0 Å². The van der Waals surface area contributed by atoms with Gasteiger partial charge in [0, 0.05) is 17.6 Å². The number of carbonyl (C=O) groups is 1. The lowest BCUT2D eigenvalue weighted by Crippen LogP contribution is -2.48. The first kappa shape index (κ1) is 21.5. The summed E-state index contributed by atoms with van der Waals surface area (Å²) in [6.07, 6.45) is 5.35. The highest BCUT2D eigenvalue weighted by atomic mass is 32.2. The topological polar surface area (TPSA) is 85.3 Å². The summed E-state index contributed by atoms with van der Waals surface area (Å²) in [7, 11) is -3.12. The number of nitrogens with zero attached hydrogens (tertiary/aromatic N) is 2. The largest absolute Gasteiger partial charge is 0.434 e. The van der Waals surface area contributed by atoms with Gasteiger partial charge in [0.15, 0.2) is 16.4 Å². The zero-order valence-electron chi connectivity index (χ0n) is 15.9. The van der Waals surface area contributed by atoms with Crippen molar-refractivity contribution >= 4 is 22.0 Å². The molecule has 10 heteroatoms. The molecule has 1 saturated heterocycles. The SMILES string of the molecule is O=C(CO/N=C/c1ccccc1OC(F)F)N(C1CCCC1)C1CCS(=O)(=O)C1. The van der Waals surface area contributed by atoms with E-state index in [-0.39, 0.29) is 47.4 Å². The molecule has 1 heterocycles. The molecule has 0 spiro atoms. The van der Waals surface area contributed by atoms with E-state index < -0.39 is 16.4 Å². The first-order chi connectivity index (χ1) is 13.9. The second-order valence-corrected chi connectivity index (χ2v) is 9.45. The van der Waals surface area contributed by atoms with Gasteiger partial charge < -0.3 is 14.5 Å². The Morgan fingerprint density at radius 1 is 1.21 bits per heavy atom. The van der Waals surface area contributed by atoms with Crippen LogP contribution in [0.5, 0.6) is 5.75 Å². The van der Waals surface area contributed by atoms with Crippen LogP contribution in [0.2, 0.25) is 0 Å². The average Bonchev–Trinajstić information content (AvgIpc) is 3.30. The molecule has 1 saturated carbocycles. The molecule has 1 unspecified atom stereocenters. The average molecular weight is 430 g/mol. The third kappa shape index (κ3) is 5.88. The Morgan fingerprint density at radius 2 is 1.93 bits per heavy atom. The van der Waals surface area contributed by atoms with Crippen molar-refractivity contribution in [3.8, 4) is 5.75 Å². The summed E-state index contributed by atoms with van der Waals surface area (Å²) in [6.45, 7) is -3.31. The van der Waals surface area contributed by atoms with Gasteiger partial charge in [-0.3, -0.25) is 4.79 Å². The number of hydrogen-bond acceptors (Lipinski definition) is 6. The predicted molar refractivity (Wildman–Crippen MR) is 103 cm³/mol. The van der Waals surface area contributed by atoms with Crippen molar-refractivity contribution in [3.05, 3.63) is 29.8 Å². The minimum atomic E-state index is -3.12. The Labute approximate surface area is 168 Å². The maximum atomic E-state index is 12.8. The Morgan fingerprint density at radius 3 is 2.59 bits per heavy atom. The van der Waals surface area contributed by atoms with Crippen LogP contribution >= 0.6 is 0 Å². The Hall–Kier alpha value is -2.23. The molecule has 1 aliphatic heterocycles. The van der Waals surface area contributed by atoms with E-state index >= 15 is 0 Å². The summed E-state index contributed by atoms with van der Waals surface area (Å²) in [5, 5.41) is 3.70. The lowest BCUT2D eigenvalue weighted by atomic mass is 10.1. The normalized spacial score (nSPS) is 21.7. The number of rotatable bonds is 8. The molecule has 3 rings (SSSR count). The number of oxime groups is 1. The molecule has 2 aliphatic rings. The quantitative estimate of drug-likeness (QED) is 0.468. The van der Waals surface area contributed by atoms with Gasteiger partial charge >= 0.3 is 6.61 Å². The number of benzene rings is 1. The Kier molecular flexibility index (Phi) is 7.05. The van der Waals surface area contributed by atoms with Gasteiger partial charge in [0.1, 0.15) is 5.75 Å². The van der Waals surface area contributed by atoms with Gasteiger partial charge in [0.05, 0.1) is 17.7 Å². The van der Waals surface area contributed by atoms with E-state index in [1.54, 1.807) is 17.0 Å². The molecule has 0 N–H and O–H groups in total. The van der Waals surface area contributed by atoms with Gasteiger partial charge in [0.25, 0.3) is 5.91 Å². The summed E-state index contributed by atoms with van der Waals surface area (Å²) in [5.74, 6) is -0.288. The highest BCUT2D eigenvalue weighted by molar-refractivity contribution is 7.91. The molecule has 0 bridgehead atoms. The third-order valence-electron chi connectivity index (χ3n) is 5.20. The van der Waals surface area contributed by atoms with Crippen LogP contribution in [0.15, 0.2) is 29.4 Å². The van der Waals surface area contributed by atoms with E-state index in [1.165, 1.54) is 18.3 Å². The van der Waals surface area contributed by atoms with Crippen molar-refractivity contribution < 1.29 is 31.6 Å².